The normalized spacial score (nSPS) is 17.9. The summed E-state index contributed by atoms with van der Waals surface area (Å²) < 4.78 is 26.6. The van der Waals surface area contributed by atoms with Gasteiger partial charge in [-0.05, 0) is 31.4 Å². The molecule has 0 aliphatic heterocycles. The van der Waals surface area contributed by atoms with Crippen molar-refractivity contribution < 1.29 is 13.2 Å². The Morgan fingerprint density at radius 3 is 2.32 bits per heavy atom. The maximum atomic E-state index is 12.6. The van der Waals surface area contributed by atoms with Gasteiger partial charge in [-0.3, -0.25) is 4.79 Å². The molecule has 1 aromatic carbocycles. The summed E-state index contributed by atoms with van der Waals surface area (Å²) in [6.07, 6.45) is 2.22. The number of rotatable bonds is 3. The highest BCUT2D eigenvalue weighted by Gasteiger charge is 2.31. The number of nitrogens with zero attached hydrogens (tertiary/aromatic N) is 1. The van der Waals surface area contributed by atoms with E-state index in [1.165, 1.54) is 4.31 Å². The Morgan fingerprint density at radius 2 is 1.74 bits per heavy atom. The van der Waals surface area contributed by atoms with Gasteiger partial charge in [-0.1, -0.05) is 18.2 Å². The number of carbonyl (C=O) groups excluding carboxylic acids is 1. The van der Waals surface area contributed by atoms with Crippen LogP contribution < -0.4 is 0 Å². The molecule has 1 aliphatic rings. The SMILES string of the molecule is Cc1ccccc1S(=O)(=O)N(C)C1CCC(=O)CC1. The second kappa shape index (κ2) is 5.43. The molecule has 4 nitrogen and oxygen atoms in total. The number of aryl methyl sites for hydroxylation is 1. The molecule has 2 rings (SSSR count). The molecule has 0 amide bonds. The van der Waals surface area contributed by atoms with Gasteiger partial charge in [0.15, 0.2) is 0 Å². The molecule has 5 heteroatoms. The fraction of sp³-hybridized carbons (Fsp3) is 0.500. The first kappa shape index (κ1) is 14.2. The zero-order valence-electron chi connectivity index (χ0n) is 11.3. The highest BCUT2D eigenvalue weighted by Crippen LogP contribution is 2.26. The number of Topliss-reactive ketones (excluding diaryl/α,β-unsaturated/α-hetero) is 1. The lowest BCUT2D eigenvalue weighted by Crippen LogP contribution is -2.39. The first-order valence-corrected chi connectivity index (χ1v) is 7.92. The van der Waals surface area contributed by atoms with E-state index >= 15 is 0 Å². The minimum Gasteiger partial charge on any atom is -0.300 e. The molecule has 1 fully saturated rings. The minimum atomic E-state index is -3.46. The third-order valence-corrected chi connectivity index (χ3v) is 5.85. The Balaban J connectivity index is 2.25. The van der Waals surface area contributed by atoms with E-state index in [0.29, 0.717) is 30.6 Å². The van der Waals surface area contributed by atoms with Crippen LogP contribution >= 0.6 is 0 Å². The molecule has 1 aliphatic carbocycles. The van der Waals surface area contributed by atoms with Crippen LogP contribution in [0.25, 0.3) is 0 Å². The predicted molar refractivity (Wildman–Crippen MR) is 73.4 cm³/mol. The Labute approximate surface area is 114 Å². The van der Waals surface area contributed by atoms with Crippen molar-refractivity contribution in [2.45, 2.75) is 43.5 Å². The van der Waals surface area contributed by atoms with Crippen LogP contribution in [0, 0.1) is 6.92 Å². The van der Waals surface area contributed by atoms with Crippen molar-refractivity contribution >= 4 is 15.8 Å². The van der Waals surface area contributed by atoms with E-state index in [0.717, 1.165) is 5.56 Å². The highest BCUT2D eigenvalue weighted by molar-refractivity contribution is 7.89. The third kappa shape index (κ3) is 2.87. The molecule has 0 heterocycles. The first-order chi connectivity index (χ1) is 8.93. The van der Waals surface area contributed by atoms with Crippen LogP contribution in [0.15, 0.2) is 29.2 Å². The molecule has 0 N–H and O–H groups in total. The van der Waals surface area contributed by atoms with Crippen molar-refractivity contribution in [3.8, 4) is 0 Å². The van der Waals surface area contributed by atoms with Crippen molar-refractivity contribution in [2.24, 2.45) is 0 Å². The molecule has 0 unspecified atom stereocenters. The summed E-state index contributed by atoms with van der Waals surface area (Å²) in [5.74, 6) is 0.234. The zero-order valence-corrected chi connectivity index (χ0v) is 12.1. The zero-order chi connectivity index (χ0) is 14.0. The summed E-state index contributed by atoms with van der Waals surface area (Å²) in [5, 5.41) is 0. The van der Waals surface area contributed by atoms with E-state index in [4.69, 9.17) is 0 Å². The van der Waals surface area contributed by atoms with Crippen molar-refractivity contribution in [3.05, 3.63) is 29.8 Å². The quantitative estimate of drug-likeness (QED) is 0.853. The van der Waals surface area contributed by atoms with E-state index in [1.807, 2.05) is 6.07 Å². The van der Waals surface area contributed by atoms with Gasteiger partial charge in [-0.15, -0.1) is 0 Å². The second-order valence-corrected chi connectivity index (χ2v) is 7.02. The molecule has 1 aromatic rings. The molecular formula is C14H19NO3S. The summed E-state index contributed by atoms with van der Waals surface area (Å²) in [6.45, 7) is 1.80. The van der Waals surface area contributed by atoms with Gasteiger partial charge in [0.05, 0.1) is 4.90 Å². The fourth-order valence-corrected chi connectivity index (χ4v) is 4.12. The average Bonchev–Trinajstić information content (AvgIpc) is 2.39. The van der Waals surface area contributed by atoms with E-state index in [1.54, 1.807) is 32.2 Å². The summed E-state index contributed by atoms with van der Waals surface area (Å²) in [5.41, 5.74) is 0.751. The third-order valence-electron chi connectivity index (χ3n) is 3.78. The summed E-state index contributed by atoms with van der Waals surface area (Å²) in [6, 6.07) is 6.92. The maximum absolute atomic E-state index is 12.6. The number of carbonyl (C=O) groups is 1. The van der Waals surface area contributed by atoms with Crippen LogP contribution in [-0.2, 0) is 14.8 Å². The number of benzene rings is 1. The monoisotopic (exact) mass is 281 g/mol. The molecule has 0 atom stereocenters. The van der Waals surface area contributed by atoms with Gasteiger partial charge in [0.2, 0.25) is 10.0 Å². The molecule has 0 bridgehead atoms. The summed E-state index contributed by atoms with van der Waals surface area (Å²) in [4.78, 5) is 11.6. The molecule has 0 saturated heterocycles. The topological polar surface area (TPSA) is 54.5 Å². The molecule has 19 heavy (non-hydrogen) atoms. The van der Waals surface area contributed by atoms with Crippen LogP contribution in [0.3, 0.4) is 0 Å². The molecule has 0 spiro atoms. The standard InChI is InChI=1S/C14H19NO3S/c1-11-5-3-4-6-14(11)19(17,18)15(2)12-7-9-13(16)10-8-12/h3-6,12H,7-10H2,1-2H3. The van der Waals surface area contributed by atoms with E-state index < -0.39 is 10.0 Å². The average molecular weight is 281 g/mol. The van der Waals surface area contributed by atoms with Gasteiger partial charge in [0, 0.05) is 25.9 Å². The van der Waals surface area contributed by atoms with Crippen molar-refractivity contribution in [3.63, 3.8) is 0 Å². The molecular weight excluding hydrogens is 262 g/mol. The summed E-state index contributed by atoms with van der Waals surface area (Å²) >= 11 is 0. The number of hydrogen-bond acceptors (Lipinski definition) is 3. The van der Waals surface area contributed by atoms with Gasteiger partial charge in [-0.2, -0.15) is 4.31 Å². The lowest BCUT2D eigenvalue weighted by Gasteiger charge is -2.30. The minimum absolute atomic E-state index is 0.0673. The van der Waals surface area contributed by atoms with E-state index in [-0.39, 0.29) is 11.8 Å². The first-order valence-electron chi connectivity index (χ1n) is 6.48. The largest absolute Gasteiger partial charge is 0.300 e. The number of hydrogen-bond donors (Lipinski definition) is 0. The van der Waals surface area contributed by atoms with Gasteiger partial charge in [0.1, 0.15) is 5.78 Å². The Morgan fingerprint density at radius 1 is 1.16 bits per heavy atom. The van der Waals surface area contributed by atoms with Crippen molar-refractivity contribution in [1.82, 2.24) is 4.31 Å². The van der Waals surface area contributed by atoms with E-state index in [2.05, 4.69) is 0 Å². The van der Waals surface area contributed by atoms with Crippen LogP contribution in [0.2, 0.25) is 0 Å². The van der Waals surface area contributed by atoms with Crippen LogP contribution in [0.5, 0.6) is 0 Å². The Hall–Kier alpha value is -1.20. The van der Waals surface area contributed by atoms with Gasteiger partial charge < -0.3 is 0 Å². The number of sulfonamides is 1. The highest BCUT2D eigenvalue weighted by atomic mass is 32.2. The van der Waals surface area contributed by atoms with E-state index in [9.17, 15) is 13.2 Å². The Bertz CT molecular complexity index is 570. The van der Waals surface area contributed by atoms with Crippen molar-refractivity contribution in [1.29, 1.82) is 0 Å². The van der Waals surface area contributed by atoms with Crippen molar-refractivity contribution in [2.75, 3.05) is 7.05 Å². The number of ketones is 1. The predicted octanol–water partition coefficient (Wildman–Crippen LogP) is 2.13. The second-order valence-electron chi connectivity index (χ2n) is 5.06. The lowest BCUT2D eigenvalue weighted by molar-refractivity contribution is -0.120. The molecule has 1 saturated carbocycles. The lowest BCUT2D eigenvalue weighted by atomic mass is 9.95. The maximum Gasteiger partial charge on any atom is 0.243 e. The van der Waals surface area contributed by atoms with Gasteiger partial charge >= 0.3 is 0 Å². The molecule has 0 aromatic heterocycles. The fourth-order valence-electron chi connectivity index (χ4n) is 2.49. The van der Waals surface area contributed by atoms with Crippen LogP contribution in [0.4, 0.5) is 0 Å². The summed E-state index contributed by atoms with van der Waals surface area (Å²) in [7, 11) is -1.85. The molecule has 0 radical (unpaired) electrons. The Kier molecular flexibility index (Phi) is 4.06. The van der Waals surface area contributed by atoms with Crippen LogP contribution in [0.1, 0.15) is 31.2 Å². The van der Waals surface area contributed by atoms with Gasteiger partial charge in [0.25, 0.3) is 0 Å². The molecule has 104 valence electrons. The van der Waals surface area contributed by atoms with Gasteiger partial charge in [-0.25, -0.2) is 8.42 Å². The smallest absolute Gasteiger partial charge is 0.243 e. The van der Waals surface area contributed by atoms with Crippen LogP contribution in [-0.4, -0.2) is 31.6 Å².